The molecule has 0 saturated heterocycles. The fourth-order valence-corrected chi connectivity index (χ4v) is 3.13. The highest BCUT2D eigenvalue weighted by Gasteiger charge is 2.24. The predicted octanol–water partition coefficient (Wildman–Crippen LogP) is 2.41. The highest BCUT2D eigenvalue weighted by Crippen LogP contribution is 2.23. The summed E-state index contributed by atoms with van der Waals surface area (Å²) >= 11 is 0. The van der Waals surface area contributed by atoms with Gasteiger partial charge in [-0.3, -0.25) is 9.59 Å². The molecule has 3 rings (SSSR count). The number of anilines is 1. The molecule has 3 aromatic rings. The topological polar surface area (TPSA) is 110 Å². The fourth-order valence-electron chi connectivity index (χ4n) is 3.13. The number of H-pyrrole nitrogens is 1. The van der Waals surface area contributed by atoms with Crippen molar-refractivity contribution < 1.29 is 23.9 Å². The minimum atomic E-state index is -0.916. The summed E-state index contributed by atoms with van der Waals surface area (Å²) in [6.07, 6.45) is 2.03. The van der Waals surface area contributed by atoms with Gasteiger partial charge in [0.1, 0.15) is 11.8 Å². The van der Waals surface area contributed by atoms with Crippen LogP contribution in [0, 0.1) is 0 Å². The number of carbonyl (C=O) groups excluding carboxylic acids is 3. The van der Waals surface area contributed by atoms with Crippen molar-refractivity contribution in [1.82, 2.24) is 10.3 Å². The second kappa shape index (κ2) is 9.60. The standard InChI is InChI=1S/C22H23N3O5/c1-14(26)24-19(11-15-12-23-17-8-4-3-7-16(15)17)22(28)30-13-21(27)25-18-9-5-6-10-20(18)29-2/h3-10,12,19,23H,11,13H2,1-2H3,(H,24,26)(H,25,27)/t19-/m0/s1. The Morgan fingerprint density at radius 3 is 2.57 bits per heavy atom. The molecule has 1 heterocycles. The number of aromatic nitrogens is 1. The number of hydrogen-bond acceptors (Lipinski definition) is 5. The minimum absolute atomic E-state index is 0.233. The molecular formula is C22H23N3O5. The molecule has 1 aromatic heterocycles. The van der Waals surface area contributed by atoms with Gasteiger partial charge in [0, 0.05) is 30.4 Å². The van der Waals surface area contributed by atoms with E-state index >= 15 is 0 Å². The molecule has 2 amide bonds. The summed E-state index contributed by atoms with van der Waals surface area (Å²) in [6.45, 7) is 0.838. The lowest BCUT2D eigenvalue weighted by Gasteiger charge is -2.17. The molecule has 0 radical (unpaired) electrons. The molecule has 0 bridgehead atoms. The Bertz CT molecular complexity index is 1060. The van der Waals surface area contributed by atoms with E-state index in [-0.39, 0.29) is 12.3 Å². The Morgan fingerprint density at radius 2 is 1.80 bits per heavy atom. The van der Waals surface area contributed by atoms with E-state index in [2.05, 4.69) is 15.6 Å². The Morgan fingerprint density at radius 1 is 1.07 bits per heavy atom. The average molecular weight is 409 g/mol. The van der Waals surface area contributed by atoms with Gasteiger partial charge in [0.2, 0.25) is 5.91 Å². The van der Waals surface area contributed by atoms with E-state index in [4.69, 9.17) is 9.47 Å². The maximum absolute atomic E-state index is 12.6. The van der Waals surface area contributed by atoms with Crippen LogP contribution in [0.2, 0.25) is 0 Å². The third-order valence-electron chi connectivity index (χ3n) is 4.49. The number of aromatic amines is 1. The molecule has 0 unspecified atom stereocenters. The van der Waals surface area contributed by atoms with Crippen molar-refractivity contribution in [2.45, 2.75) is 19.4 Å². The first kappa shape index (κ1) is 20.9. The van der Waals surface area contributed by atoms with Crippen LogP contribution in [0.3, 0.4) is 0 Å². The lowest BCUT2D eigenvalue weighted by Crippen LogP contribution is -2.43. The smallest absolute Gasteiger partial charge is 0.329 e. The van der Waals surface area contributed by atoms with Gasteiger partial charge in [0.15, 0.2) is 6.61 Å². The molecule has 8 nitrogen and oxygen atoms in total. The van der Waals surface area contributed by atoms with Crippen LogP contribution in [-0.2, 0) is 25.5 Å². The first-order valence-corrected chi connectivity index (χ1v) is 9.39. The Balaban J connectivity index is 1.64. The summed E-state index contributed by atoms with van der Waals surface area (Å²) in [5.41, 5.74) is 2.26. The van der Waals surface area contributed by atoms with Gasteiger partial charge in [0.25, 0.3) is 5.91 Å². The van der Waals surface area contributed by atoms with Crippen LogP contribution in [-0.4, -0.2) is 42.5 Å². The number of benzene rings is 2. The number of esters is 1. The highest BCUT2D eigenvalue weighted by molar-refractivity contribution is 5.95. The van der Waals surface area contributed by atoms with Gasteiger partial charge in [-0.05, 0) is 23.8 Å². The second-order valence-corrected chi connectivity index (χ2v) is 6.67. The molecule has 156 valence electrons. The first-order chi connectivity index (χ1) is 14.5. The van der Waals surface area contributed by atoms with Gasteiger partial charge in [-0.25, -0.2) is 4.79 Å². The number of para-hydroxylation sites is 3. The number of carbonyl (C=O) groups is 3. The monoisotopic (exact) mass is 409 g/mol. The molecule has 0 aliphatic heterocycles. The molecule has 0 aliphatic rings. The summed E-state index contributed by atoms with van der Waals surface area (Å²) in [6, 6.07) is 13.6. The van der Waals surface area contributed by atoms with Crippen molar-refractivity contribution in [3.8, 4) is 5.75 Å². The summed E-state index contributed by atoms with van der Waals surface area (Å²) in [7, 11) is 1.49. The maximum Gasteiger partial charge on any atom is 0.329 e. The molecular weight excluding hydrogens is 386 g/mol. The van der Waals surface area contributed by atoms with Gasteiger partial charge in [-0.2, -0.15) is 0 Å². The zero-order chi connectivity index (χ0) is 21.5. The maximum atomic E-state index is 12.6. The number of fused-ring (bicyclic) bond motifs is 1. The van der Waals surface area contributed by atoms with Crippen LogP contribution in [0.1, 0.15) is 12.5 Å². The van der Waals surface area contributed by atoms with Gasteiger partial charge in [-0.15, -0.1) is 0 Å². The molecule has 30 heavy (non-hydrogen) atoms. The molecule has 1 atom stereocenters. The summed E-state index contributed by atoms with van der Waals surface area (Å²) < 4.78 is 10.3. The third-order valence-corrected chi connectivity index (χ3v) is 4.49. The SMILES string of the molecule is COc1ccccc1NC(=O)COC(=O)[C@H](Cc1c[nH]c2ccccc12)NC(C)=O. The number of ether oxygens (including phenoxy) is 2. The summed E-state index contributed by atoms with van der Waals surface area (Å²) in [5.74, 6) is -1.07. The number of amides is 2. The lowest BCUT2D eigenvalue weighted by molar-refractivity contribution is -0.150. The van der Waals surface area contributed by atoms with Crippen molar-refractivity contribution in [1.29, 1.82) is 0 Å². The van der Waals surface area contributed by atoms with Crippen molar-refractivity contribution in [2.24, 2.45) is 0 Å². The molecule has 2 aromatic carbocycles. The van der Waals surface area contributed by atoms with E-state index in [1.54, 1.807) is 30.5 Å². The van der Waals surface area contributed by atoms with E-state index in [1.165, 1.54) is 14.0 Å². The number of nitrogens with one attached hydrogen (secondary N) is 3. The van der Waals surface area contributed by atoms with Gasteiger partial charge >= 0.3 is 5.97 Å². The van der Waals surface area contributed by atoms with Gasteiger partial charge in [0.05, 0.1) is 12.8 Å². The first-order valence-electron chi connectivity index (χ1n) is 9.39. The van der Waals surface area contributed by atoms with Crippen molar-refractivity contribution >= 4 is 34.4 Å². The third kappa shape index (κ3) is 5.16. The largest absolute Gasteiger partial charge is 0.495 e. The molecule has 0 fully saturated rings. The van der Waals surface area contributed by atoms with Gasteiger partial charge < -0.3 is 25.1 Å². The second-order valence-electron chi connectivity index (χ2n) is 6.67. The lowest BCUT2D eigenvalue weighted by atomic mass is 10.0. The number of rotatable bonds is 8. The minimum Gasteiger partial charge on any atom is -0.495 e. The predicted molar refractivity (Wildman–Crippen MR) is 112 cm³/mol. The Labute approximate surface area is 173 Å². The van der Waals surface area contributed by atoms with Crippen LogP contribution in [0.25, 0.3) is 10.9 Å². The zero-order valence-electron chi connectivity index (χ0n) is 16.7. The fraction of sp³-hybridized carbons (Fsp3) is 0.227. The van der Waals surface area contributed by atoms with Crippen LogP contribution in [0.15, 0.2) is 54.7 Å². The van der Waals surface area contributed by atoms with Crippen molar-refractivity contribution in [3.63, 3.8) is 0 Å². The molecule has 3 N–H and O–H groups in total. The normalized spacial score (nSPS) is 11.5. The Kier molecular flexibility index (Phi) is 6.69. The average Bonchev–Trinajstić information content (AvgIpc) is 3.14. The van der Waals surface area contributed by atoms with E-state index < -0.39 is 24.5 Å². The number of hydrogen-bond donors (Lipinski definition) is 3. The van der Waals surface area contributed by atoms with Gasteiger partial charge in [-0.1, -0.05) is 30.3 Å². The molecule has 0 saturated carbocycles. The van der Waals surface area contributed by atoms with E-state index in [0.29, 0.717) is 11.4 Å². The van der Waals surface area contributed by atoms with E-state index in [9.17, 15) is 14.4 Å². The summed E-state index contributed by atoms with van der Waals surface area (Å²) in [4.78, 5) is 39.5. The van der Waals surface area contributed by atoms with Crippen LogP contribution in [0.4, 0.5) is 5.69 Å². The highest BCUT2D eigenvalue weighted by atomic mass is 16.5. The van der Waals surface area contributed by atoms with Crippen LogP contribution < -0.4 is 15.4 Å². The van der Waals surface area contributed by atoms with Crippen LogP contribution >= 0.6 is 0 Å². The van der Waals surface area contributed by atoms with Crippen LogP contribution in [0.5, 0.6) is 5.75 Å². The quantitative estimate of drug-likeness (QED) is 0.495. The molecule has 8 heteroatoms. The molecule has 0 spiro atoms. The summed E-state index contributed by atoms with van der Waals surface area (Å²) in [5, 5.41) is 6.18. The molecule has 0 aliphatic carbocycles. The zero-order valence-corrected chi connectivity index (χ0v) is 16.7. The van der Waals surface area contributed by atoms with Crippen molar-refractivity contribution in [2.75, 3.05) is 19.0 Å². The van der Waals surface area contributed by atoms with E-state index in [1.807, 2.05) is 24.3 Å². The Hall–Kier alpha value is -3.81. The van der Waals surface area contributed by atoms with E-state index in [0.717, 1.165) is 16.5 Å². The number of methoxy groups -OCH3 is 1. The van der Waals surface area contributed by atoms with Crippen molar-refractivity contribution in [3.05, 3.63) is 60.3 Å².